The smallest absolute Gasteiger partial charge is 0.314 e. The van der Waals surface area contributed by atoms with Crippen LogP contribution in [0.5, 0.6) is 0 Å². The van der Waals surface area contributed by atoms with Crippen LogP contribution in [-0.2, 0) is 19.6 Å². The lowest BCUT2D eigenvalue weighted by Gasteiger charge is -2.45. The Bertz CT molecular complexity index is 692. The Morgan fingerprint density at radius 1 is 1.32 bits per heavy atom. The molecule has 122 valence electrons. The Hall–Kier alpha value is -1.65. The molecule has 0 bridgehead atoms. The Balaban J connectivity index is 2.29. The molecule has 0 aromatic heterocycles. The lowest BCUT2D eigenvalue weighted by atomic mass is 9.83. The molecule has 6 nitrogen and oxygen atoms in total. The average molecular weight is 339 g/mol. The van der Waals surface area contributed by atoms with Crippen molar-refractivity contribution in [2.24, 2.45) is 5.41 Å². The van der Waals surface area contributed by atoms with Crippen LogP contribution in [-0.4, -0.2) is 50.6 Å². The van der Waals surface area contributed by atoms with E-state index in [9.17, 15) is 26.4 Å². The summed E-state index contributed by atoms with van der Waals surface area (Å²) in [7, 11) is -3.05. The topological polar surface area (TPSA) is 83.9 Å². The molecular formula is C12H12F3NO5S. The fourth-order valence-corrected chi connectivity index (χ4v) is 3.83. The van der Waals surface area contributed by atoms with Gasteiger partial charge >= 0.3 is 5.97 Å². The van der Waals surface area contributed by atoms with Crippen LogP contribution in [0.3, 0.4) is 0 Å². The van der Waals surface area contributed by atoms with Crippen molar-refractivity contribution in [3.8, 4) is 0 Å². The zero-order valence-corrected chi connectivity index (χ0v) is 12.2. The van der Waals surface area contributed by atoms with E-state index in [0.717, 1.165) is 4.31 Å². The first-order valence-electron chi connectivity index (χ1n) is 6.01. The summed E-state index contributed by atoms with van der Waals surface area (Å²) in [6.45, 7) is -1.02. The van der Waals surface area contributed by atoms with Crippen molar-refractivity contribution in [1.82, 2.24) is 4.31 Å². The first-order valence-corrected chi connectivity index (χ1v) is 7.45. The molecular weight excluding hydrogens is 327 g/mol. The number of carboxylic acids is 1. The van der Waals surface area contributed by atoms with Crippen LogP contribution in [0.15, 0.2) is 17.0 Å². The number of nitrogens with zero attached hydrogens (tertiary/aromatic N) is 1. The van der Waals surface area contributed by atoms with Crippen molar-refractivity contribution in [2.45, 2.75) is 4.90 Å². The summed E-state index contributed by atoms with van der Waals surface area (Å²) in [6, 6.07) is 0.704. The van der Waals surface area contributed by atoms with Gasteiger partial charge in [0.15, 0.2) is 17.5 Å². The number of methoxy groups -OCH3 is 1. The Labute approximate surface area is 124 Å². The molecule has 1 aromatic carbocycles. The monoisotopic (exact) mass is 339 g/mol. The molecule has 0 atom stereocenters. The first kappa shape index (κ1) is 16.7. The van der Waals surface area contributed by atoms with Gasteiger partial charge in [-0.25, -0.2) is 21.6 Å². The van der Waals surface area contributed by atoms with Crippen molar-refractivity contribution in [2.75, 3.05) is 26.8 Å². The van der Waals surface area contributed by atoms with Gasteiger partial charge in [0.1, 0.15) is 5.41 Å². The minimum atomic E-state index is -4.32. The van der Waals surface area contributed by atoms with Crippen LogP contribution in [0.1, 0.15) is 0 Å². The molecule has 1 N–H and O–H groups in total. The summed E-state index contributed by atoms with van der Waals surface area (Å²) >= 11 is 0. The molecule has 1 fully saturated rings. The van der Waals surface area contributed by atoms with Gasteiger partial charge in [0.2, 0.25) is 10.0 Å². The van der Waals surface area contributed by atoms with E-state index < -0.39 is 56.8 Å². The number of halogens is 3. The van der Waals surface area contributed by atoms with E-state index in [1.165, 1.54) is 7.11 Å². The normalized spacial score (nSPS) is 18.0. The van der Waals surface area contributed by atoms with Gasteiger partial charge in [0.05, 0.1) is 11.5 Å². The van der Waals surface area contributed by atoms with Gasteiger partial charge in [-0.05, 0) is 12.1 Å². The third-order valence-electron chi connectivity index (χ3n) is 3.43. The molecule has 10 heteroatoms. The third kappa shape index (κ3) is 2.57. The number of hydrogen-bond acceptors (Lipinski definition) is 4. The molecule has 1 aromatic rings. The molecule has 2 rings (SSSR count). The predicted molar refractivity (Wildman–Crippen MR) is 67.0 cm³/mol. The molecule has 1 aliphatic heterocycles. The van der Waals surface area contributed by atoms with Crippen molar-refractivity contribution < 1.29 is 36.2 Å². The van der Waals surface area contributed by atoms with Gasteiger partial charge < -0.3 is 9.84 Å². The number of ether oxygens (including phenoxy) is 1. The summed E-state index contributed by atoms with van der Waals surface area (Å²) in [4.78, 5) is 10.4. The molecule has 22 heavy (non-hydrogen) atoms. The zero-order chi connectivity index (χ0) is 16.7. The van der Waals surface area contributed by atoms with Gasteiger partial charge in [0, 0.05) is 20.2 Å². The van der Waals surface area contributed by atoms with Crippen molar-refractivity contribution in [3.63, 3.8) is 0 Å². The van der Waals surface area contributed by atoms with Gasteiger partial charge in [-0.3, -0.25) is 4.79 Å². The summed E-state index contributed by atoms with van der Waals surface area (Å²) in [5.41, 5.74) is -1.40. The number of carbonyl (C=O) groups is 1. The lowest BCUT2D eigenvalue weighted by Crippen LogP contribution is -2.63. The van der Waals surface area contributed by atoms with E-state index in [1.807, 2.05) is 0 Å². The molecule has 0 spiro atoms. The molecule has 0 saturated carbocycles. The van der Waals surface area contributed by atoms with E-state index in [4.69, 9.17) is 9.84 Å². The SMILES string of the molecule is COCC1(C(=O)O)CN(S(=O)(=O)c2cc(F)c(F)c(F)c2)C1. The van der Waals surface area contributed by atoms with Crippen LogP contribution in [0.2, 0.25) is 0 Å². The number of carboxylic acid groups (broad SMARTS) is 1. The third-order valence-corrected chi connectivity index (χ3v) is 5.20. The average Bonchev–Trinajstić information content (AvgIpc) is 2.38. The highest BCUT2D eigenvalue weighted by molar-refractivity contribution is 7.89. The summed E-state index contributed by atoms with van der Waals surface area (Å²) in [5, 5.41) is 9.12. The predicted octanol–water partition coefficient (Wildman–Crippen LogP) is 0.826. The minimum Gasteiger partial charge on any atom is -0.481 e. The molecule has 0 amide bonds. The molecule has 1 aliphatic rings. The van der Waals surface area contributed by atoms with Gasteiger partial charge in [-0.15, -0.1) is 0 Å². The van der Waals surface area contributed by atoms with Crippen LogP contribution in [0.25, 0.3) is 0 Å². The summed E-state index contributed by atoms with van der Waals surface area (Å²) in [6.07, 6.45) is 0. The molecule has 0 radical (unpaired) electrons. The van der Waals surface area contributed by atoms with Crippen molar-refractivity contribution in [3.05, 3.63) is 29.6 Å². The summed E-state index contributed by atoms with van der Waals surface area (Å²) < 4.78 is 69.0. The second-order valence-corrected chi connectivity index (χ2v) is 6.93. The molecule has 0 aliphatic carbocycles. The van der Waals surface area contributed by atoms with Gasteiger partial charge in [-0.1, -0.05) is 0 Å². The first-order chi connectivity index (χ1) is 10.1. The number of hydrogen-bond donors (Lipinski definition) is 1. The highest BCUT2D eigenvalue weighted by Crippen LogP contribution is 2.36. The highest BCUT2D eigenvalue weighted by atomic mass is 32.2. The van der Waals surface area contributed by atoms with E-state index >= 15 is 0 Å². The van der Waals surface area contributed by atoms with Crippen molar-refractivity contribution in [1.29, 1.82) is 0 Å². The van der Waals surface area contributed by atoms with E-state index in [0.29, 0.717) is 12.1 Å². The fourth-order valence-electron chi connectivity index (χ4n) is 2.19. The van der Waals surface area contributed by atoms with Gasteiger partial charge in [-0.2, -0.15) is 4.31 Å². The Morgan fingerprint density at radius 2 is 1.82 bits per heavy atom. The van der Waals surface area contributed by atoms with Crippen LogP contribution < -0.4 is 0 Å². The second kappa shape index (κ2) is 5.52. The maximum atomic E-state index is 13.1. The molecule has 1 heterocycles. The standard InChI is InChI=1S/C12H12F3NO5S/c1-21-6-12(11(17)18)4-16(5-12)22(19,20)7-2-8(13)10(15)9(14)3-7/h2-3H,4-6H2,1H3,(H,17,18). The number of sulfonamides is 1. The van der Waals surface area contributed by atoms with Crippen LogP contribution in [0.4, 0.5) is 13.2 Å². The molecule has 1 saturated heterocycles. The van der Waals surface area contributed by atoms with E-state index in [-0.39, 0.29) is 6.61 Å². The van der Waals surface area contributed by atoms with Crippen molar-refractivity contribution >= 4 is 16.0 Å². The quantitative estimate of drug-likeness (QED) is 0.803. The number of rotatable bonds is 5. The Morgan fingerprint density at radius 3 is 2.23 bits per heavy atom. The molecule has 0 unspecified atom stereocenters. The largest absolute Gasteiger partial charge is 0.481 e. The van der Waals surface area contributed by atoms with E-state index in [1.54, 1.807) is 0 Å². The zero-order valence-electron chi connectivity index (χ0n) is 11.3. The number of aliphatic carboxylic acids is 1. The van der Waals surface area contributed by atoms with Gasteiger partial charge in [0.25, 0.3) is 0 Å². The van der Waals surface area contributed by atoms with Crippen LogP contribution in [0, 0.1) is 22.9 Å². The highest BCUT2D eigenvalue weighted by Gasteiger charge is 2.54. The minimum absolute atomic E-state index is 0.208. The second-order valence-electron chi connectivity index (χ2n) is 4.99. The maximum absolute atomic E-state index is 13.1. The Kier molecular flexibility index (Phi) is 4.20. The maximum Gasteiger partial charge on any atom is 0.314 e. The summed E-state index contributed by atoms with van der Waals surface area (Å²) in [5.74, 6) is -6.29. The number of benzene rings is 1. The fraction of sp³-hybridized carbons (Fsp3) is 0.417. The van der Waals surface area contributed by atoms with E-state index in [2.05, 4.69) is 0 Å². The lowest BCUT2D eigenvalue weighted by molar-refractivity contribution is -0.161. The van der Waals surface area contributed by atoms with Crippen LogP contribution >= 0.6 is 0 Å².